The highest BCUT2D eigenvalue weighted by Gasteiger charge is 2.11. The van der Waals surface area contributed by atoms with E-state index in [9.17, 15) is 4.79 Å². The first kappa shape index (κ1) is 12.7. The highest BCUT2D eigenvalue weighted by Crippen LogP contribution is 2.15. The molecule has 0 spiro atoms. The third-order valence-electron chi connectivity index (χ3n) is 2.33. The van der Waals surface area contributed by atoms with Gasteiger partial charge in [0.2, 0.25) is 5.91 Å². The number of amides is 1. The number of rotatable bonds is 3. The quantitative estimate of drug-likeness (QED) is 0.804. The Morgan fingerprint density at radius 3 is 2.59 bits per heavy atom. The minimum absolute atomic E-state index is 0.207. The van der Waals surface area contributed by atoms with Gasteiger partial charge in [-0.25, -0.2) is 0 Å². The van der Waals surface area contributed by atoms with Crippen LogP contribution in [-0.2, 0) is 4.79 Å². The molecule has 0 aromatic heterocycles. The van der Waals surface area contributed by atoms with Crippen LogP contribution in [0.5, 0.6) is 0 Å². The topological polar surface area (TPSA) is 103 Å². The Hall–Kier alpha value is -2.37. The highest BCUT2D eigenvalue weighted by atomic mass is 16.1. The summed E-state index contributed by atoms with van der Waals surface area (Å²) in [4.78, 5) is 11.6. The number of benzene rings is 1. The van der Waals surface area contributed by atoms with E-state index < -0.39 is 0 Å². The zero-order valence-corrected chi connectivity index (χ0v) is 9.40. The van der Waals surface area contributed by atoms with Crippen LogP contribution in [0.2, 0.25) is 0 Å². The van der Waals surface area contributed by atoms with Gasteiger partial charge in [0.05, 0.1) is 11.1 Å². The minimum atomic E-state index is -0.295. The van der Waals surface area contributed by atoms with Crippen molar-refractivity contribution in [3.8, 4) is 12.1 Å². The fourth-order valence-corrected chi connectivity index (χ4v) is 1.18. The monoisotopic (exact) mass is 228 g/mol. The third-order valence-corrected chi connectivity index (χ3v) is 2.33. The molecule has 0 aliphatic heterocycles. The number of nitrogens with one attached hydrogen (secondary N) is 1. The number of carbonyl (C=O) groups excluding carboxylic acids is 1. The number of nitriles is 2. The molecule has 0 bridgehead atoms. The van der Waals surface area contributed by atoms with Crippen molar-refractivity contribution in [2.24, 2.45) is 11.7 Å². The molecule has 86 valence electrons. The Morgan fingerprint density at radius 1 is 1.41 bits per heavy atom. The summed E-state index contributed by atoms with van der Waals surface area (Å²) in [6.07, 6.45) is 0. The largest absolute Gasteiger partial charge is 0.330 e. The van der Waals surface area contributed by atoms with E-state index in [0.717, 1.165) is 0 Å². The van der Waals surface area contributed by atoms with E-state index in [1.54, 1.807) is 13.0 Å². The number of nitrogens with zero attached hydrogens (tertiary/aromatic N) is 2. The molecule has 0 radical (unpaired) electrons. The predicted molar refractivity (Wildman–Crippen MR) is 62.7 cm³/mol. The second-order valence-corrected chi connectivity index (χ2v) is 3.61. The van der Waals surface area contributed by atoms with Crippen molar-refractivity contribution in [3.63, 3.8) is 0 Å². The number of hydrogen-bond acceptors (Lipinski definition) is 4. The fourth-order valence-electron chi connectivity index (χ4n) is 1.18. The van der Waals surface area contributed by atoms with Gasteiger partial charge in [-0.1, -0.05) is 6.92 Å². The summed E-state index contributed by atoms with van der Waals surface area (Å²) in [5, 5.41) is 20.2. The van der Waals surface area contributed by atoms with Crippen molar-refractivity contribution >= 4 is 11.6 Å². The zero-order chi connectivity index (χ0) is 12.8. The van der Waals surface area contributed by atoms with E-state index in [1.807, 2.05) is 12.1 Å². The van der Waals surface area contributed by atoms with E-state index in [-0.39, 0.29) is 29.5 Å². The van der Waals surface area contributed by atoms with Crippen LogP contribution in [0.1, 0.15) is 18.1 Å². The maximum absolute atomic E-state index is 11.6. The summed E-state index contributed by atoms with van der Waals surface area (Å²) in [5.41, 5.74) is 6.39. The molecule has 0 aliphatic carbocycles. The van der Waals surface area contributed by atoms with Gasteiger partial charge in [0.1, 0.15) is 12.1 Å². The highest BCUT2D eigenvalue weighted by molar-refractivity contribution is 5.92. The molecular formula is C12H12N4O. The van der Waals surface area contributed by atoms with Crippen LogP contribution in [0.25, 0.3) is 0 Å². The molecule has 3 N–H and O–H groups in total. The summed E-state index contributed by atoms with van der Waals surface area (Å²) in [7, 11) is 0. The van der Waals surface area contributed by atoms with E-state index in [4.69, 9.17) is 16.3 Å². The molecule has 5 heteroatoms. The molecule has 1 rings (SSSR count). The molecule has 5 nitrogen and oxygen atoms in total. The lowest BCUT2D eigenvalue weighted by molar-refractivity contribution is -0.119. The van der Waals surface area contributed by atoms with Crippen molar-refractivity contribution in [1.29, 1.82) is 10.5 Å². The zero-order valence-electron chi connectivity index (χ0n) is 9.40. The number of nitrogens with two attached hydrogens (primary N) is 1. The van der Waals surface area contributed by atoms with Gasteiger partial charge in [-0.3, -0.25) is 4.79 Å². The van der Waals surface area contributed by atoms with Gasteiger partial charge in [-0.2, -0.15) is 10.5 Å². The lowest BCUT2D eigenvalue weighted by Crippen LogP contribution is -2.26. The minimum Gasteiger partial charge on any atom is -0.330 e. The lowest BCUT2D eigenvalue weighted by atomic mass is 10.1. The Bertz CT molecular complexity index is 510. The molecule has 0 aliphatic rings. The third kappa shape index (κ3) is 3.04. The Morgan fingerprint density at radius 2 is 2.06 bits per heavy atom. The van der Waals surface area contributed by atoms with Crippen molar-refractivity contribution in [3.05, 3.63) is 29.3 Å². The van der Waals surface area contributed by atoms with Crippen LogP contribution in [0.4, 0.5) is 5.69 Å². The van der Waals surface area contributed by atoms with Crippen molar-refractivity contribution in [1.82, 2.24) is 0 Å². The van der Waals surface area contributed by atoms with Crippen molar-refractivity contribution < 1.29 is 4.79 Å². The van der Waals surface area contributed by atoms with E-state index in [1.165, 1.54) is 12.1 Å². The maximum atomic E-state index is 11.6. The van der Waals surface area contributed by atoms with E-state index in [2.05, 4.69) is 5.32 Å². The van der Waals surface area contributed by atoms with Gasteiger partial charge >= 0.3 is 0 Å². The summed E-state index contributed by atoms with van der Waals surface area (Å²) in [5.74, 6) is -0.503. The molecular weight excluding hydrogens is 216 g/mol. The van der Waals surface area contributed by atoms with Crippen LogP contribution in [0.15, 0.2) is 18.2 Å². The van der Waals surface area contributed by atoms with Crippen LogP contribution in [0.3, 0.4) is 0 Å². The molecule has 1 unspecified atom stereocenters. The van der Waals surface area contributed by atoms with Gasteiger partial charge in [0.15, 0.2) is 0 Å². The SMILES string of the molecule is CC(CN)C(=O)Nc1ccc(C#N)c(C#N)c1. The molecule has 1 amide bonds. The second kappa shape index (κ2) is 5.64. The first-order chi connectivity index (χ1) is 8.12. The summed E-state index contributed by atoms with van der Waals surface area (Å²) < 4.78 is 0. The summed E-state index contributed by atoms with van der Waals surface area (Å²) in [6, 6.07) is 8.37. The first-order valence-electron chi connectivity index (χ1n) is 5.07. The van der Waals surface area contributed by atoms with Crippen molar-refractivity contribution in [2.75, 3.05) is 11.9 Å². The normalized spacial score (nSPS) is 11.1. The van der Waals surface area contributed by atoms with E-state index >= 15 is 0 Å². The van der Waals surface area contributed by atoms with Gasteiger partial charge < -0.3 is 11.1 Å². The molecule has 1 aromatic rings. The summed E-state index contributed by atoms with van der Waals surface area (Å²) in [6.45, 7) is 1.97. The number of anilines is 1. The van der Waals surface area contributed by atoms with E-state index in [0.29, 0.717) is 5.69 Å². The summed E-state index contributed by atoms with van der Waals surface area (Å²) >= 11 is 0. The maximum Gasteiger partial charge on any atom is 0.228 e. The molecule has 0 saturated heterocycles. The Balaban J connectivity index is 2.92. The predicted octanol–water partition coefficient (Wildman–Crippen LogP) is 0.963. The van der Waals surface area contributed by atoms with Crippen LogP contribution < -0.4 is 11.1 Å². The van der Waals surface area contributed by atoms with Gasteiger partial charge in [-0.15, -0.1) is 0 Å². The molecule has 0 heterocycles. The van der Waals surface area contributed by atoms with Gasteiger partial charge in [0, 0.05) is 18.2 Å². The van der Waals surface area contributed by atoms with Gasteiger partial charge in [-0.05, 0) is 18.2 Å². The average molecular weight is 228 g/mol. The van der Waals surface area contributed by atoms with Crippen LogP contribution in [0, 0.1) is 28.6 Å². The molecule has 1 aromatic carbocycles. The van der Waals surface area contributed by atoms with Gasteiger partial charge in [0.25, 0.3) is 0 Å². The molecule has 17 heavy (non-hydrogen) atoms. The number of hydrogen-bond donors (Lipinski definition) is 2. The fraction of sp³-hybridized carbons (Fsp3) is 0.250. The molecule has 1 atom stereocenters. The standard InChI is InChI=1S/C12H12N4O/c1-8(5-13)12(17)16-11-3-2-9(6-14)10(4-11)7-15/h2-4,8H,5,13H2,1H3,(H,16,17). The Kier molecular flexibility index (Phi) is 4.21. The smallest absolute Gasteiger partial charge is 0.228 e. The van der Waals surface area contributed by atoms with Crippen molar-refractivity contribution in [2.45, 2.75) is 6.92 Å². The number of carbonyl (C=O) groups is 1. The lowest BCUT2D eigenvalue weighted by Gasteiger charge is -2.10. The molecule has 0 fully saturated rings. The average Bonchev–Trinajstić information content (AvgIpc) is 2.37. The van der Waals surface area contributed by atoms with Crippen LogP contribution in [-0.4, -0.2) is 12.5 Å². The first-order valence-corrected chi connectivity index (χ1v) is 5.07. The molecule has 0 saturated carbocycles. The Labute approximate surface area is 99.5 Å². The van der Waals surface area contributed by atoms with Crippen LogP contribution >= 0.6 is 0 Å². The second-order valence-electron chi connectivity index (χ2n) is 3.61.